The molecule has 0 aromatic heterocycles. The summed E-state index contributed by atoms with van der Waals surface area (Å²) in [7, 11) is 1.71. The summed E-state index contributed by atoms with van der Waals surface area (Å²) in [5, 5.41) is 20.5. The van der Waals surface area contributed by atoms with Crippen LogP contribution in [0.3, 0.4) is 0 Å². The van der Waals surface area contributed by atoms with E-state index in [2.05, 4.69) is 25.8 Å². The summed E-state index contributed by atoms with van der Waals surface area (Å²) < 4.78 is 18.9. The van der Waals surface area contributed by atoms with Gasteiger partial charge in [0, 0.05) is 57.6 Å². The van der Waals surface area contributed by atoms with Gasteiger partial charge in [0.2, 0.25) is 0 Å². The quantitative estimate of drug-likeness (QED) is 0.106. The van der Waals surface area contributed by atoms with E-state index < -0.39 is 4.92 Å². The molecule has 180 valence electrons. The van der Waals surface area contributed by atoms with Gasteiger partial charge >= 0.3 is 0 Å². The third-order valence-corrected chi connectivity index (χ3v) is 5.25. The van der Waals surface area contributed by atoms with Crippen LogP contribution in [-0.2, 0) is 4.74 Å². The molecule has 3 N–H and O–H groups in total. The number of benzene rings is 2. The number of hydrogen-bond donors (Lipinski definition) is 3. The van der Waals surface area contributed by atoms with E-state index in [4.69, 9.17) is 4.74 Å². The number of aliphatic imine (C=N–C) groups is 1. The van der Waals surface area contributed by atoms with Gasteiger partial charge < -0.3 is 20.7 Å². The van der Waals surface area contributed by atoms with Crippen molar-refractivity contribution in [2.45, 2.75) is 6.04 Å². The first-order chi connectivity index (χ1) is 15.6. The minimum Gasteiger partial charge on any atom is -0.383 e. The lowest BCUT2D eigenvalue weighted by molar-refractivity contribution is -0.384. The van der Waals surface area contributed by atoms with Crippen LogP contribution in [0.4, 0.5) is 15.8 Å². The number of anilines is 1. The van der Waals surface area contributed by atoms with Gasteiger partial charge in [0.15, 0.2) is 5.96 Å². The maximum atomic E-state index is 13.4. The fourth-order valence-corrected chi connectivity index (χ4v) is 3.53. The highest BCUT2D eigenvalue weighted by molar-refractivity contribution is 14.0. The van der Waals surface area contributed by atoms with Crippen LogP contribution in [0, 0.1) is 15.9 Å². The smallest absolute Gasteiger partial charge is 0.269 e. The van der Waals surface area contributed by atoms with Crippen molar-refractivity contribution in [3.8, 4) is 0 Å². The van der Waals surface area contributed by atoms with Crippen molar-refractivity contribution in [3.63, 3.8) is 0 Å². The van der Waals surface area contributed by atoms with Crippen molar-refractivity contribution in [2.24, 2.45) is 4.99 Å². The Morgan fingerprint density at radius 3 is 2.39 bits per heavy atom. The Morgan fingerprint density at radius 2 is 1.79 bits per heavy atom. The molecule has 0 spiro atoms. The van der Waals surface area contributed by atoms with E-state index in [1.165, 1.54) is 24.3 Å². The van der Waals surface area contributed by atoms with E-state index in [1.54, 1.807) is 19.2 Å². The highest BCUT2D eigenvalue weighted by Gasteiger charge is 2.23. The molecule has 33 heavy (non-hydrogen) atoms. The van der Waals surface area contributed by atoms with E-state index in [0.29, 0.717) is 38.8 Å². The number of halogens is 2. The SMILES string of the molecule is CN=C(NCCNc1ccc([N+](=O)[O-])cc1)NCC(c1ccc(F)cc1)N1CCOCC1.I. The van der Waals surface area contributed by atoms with Crippen molar-refractivity contribution < 1.29 is 14.1 Å². The van der Waals surface area contributed by atoms with Crippen molar-refractivity contribution in [1.82, 2.24) is 15.5 Å². The maximum Gasteiger partial charge on any atom is 0.269 e. The number of hydrogen-bond acceptors (Lipinski definition) is 6. The zero-order valence-electron chi connectivity index (χ0n) is 18.5. The number of nitrogens with zero attached hydrogens (tertiary/aromatic N) is 3. The Morgan fingerprint density at radius 1 is 1.12 bits per heavy atom. The summed E-state index contributed by atoms with van der Waals surface area (Å²) in [4.78, 5) is 16.9. The van der Waals surface area contributed by atoms with Crippen LogP contribution in [0.5, 0.6) is 0 Å². The molecule has 2 aromatic carbocycles. The molecule has 11 heteroatoms. The van der Waals surface area contributed by atoms with E-state index >= 15 is 0 Å². The fourth-order valence-electron chi connectivity index (χ4n) is 3.53. The van der Waals surface area contributed by atoms with Crippen LogP contribution in [0.1, 0.15) is 11.6 Å². The molecule has 0 aliphatic carbocycles. The van der Waals surface area contributed by atoms with Gasteiger partial charge in [0.1, 0.15) is 5.82 Å². The second kappa shape index (κ2) is 13.9. The number of nitro benzene ring substituents is 1. The monoisotopic (exact) mass is 572 g/mol. The highest BCUT2D eigenvalue weighted by atomic mass is 127. The molecule has 1 heterocycles. The van der Waals surface area contributed by atoms with Crippen LogP contribution in [0.15, 0.2) is 53.5 Å². The zero-order valence-corrected chi connectivity index (χ0v) is 20.8. The third-order valence-electron chi connectivity index (χ3n) is 5.25. The molecular weight excluding hydrogens is 542 g/mol. The van der Waals surface area contributed by atoms with Crippen molar-refractivity contribution in [2.75, 3.05) is 58.3 Å². The molecule has 0 radical (unpaired) electrons. The molecule has 0 bridgehead atoms. The lowest BCUT2D eigenvalue weighted by Gasteiger charge is -2.35. The van der Waals surface area contributed by atoms with Crippen molar-refractivity contribution in [1.29, 1.82) is 0 Å². The average Bonchev–Trinajstić information content (AvgIpc) is 2.82. The first kappa shape index (κ1) is 26.7. The molecule has 1 atom stereocenters. The van der Waals surface area contributed by atoms with Gasteiger partial charge in [-0.1, -0.05) is 12.1 Å². The predicted octanol–water partition coefficient (Wildman–Crippen LogP) is 3.00. The number of rotatable bonds is 9. The molecule has 0 saturated carbocycles. The molecule has 1 aliphatic rings. The summed E-state index contributed by atoms with van der Waals surface area (Å²) in [6.07, 6.45) is 0. The van der Waals surface area contributed by atoms with Gasteiger partial charge in [-0.3, -0.25) is 20.0 Å². The van der Waals surface area contributed by atoms with Gasteiger partial charge in [-0.15, -0.1) is 24.0 Å². The minimum absolute atomic E-state index is 0. The topological polar surface area (TPSA) is 104 Å². The van der Waals surface area contributed by atoms with Gasteiger partial charge in [0.25, 0.3) is 5.69 Å². The molecule has 1 aliphatic heterocycles. The fraction of sp³-hybridized carbons (Fsp3) is 0.409. The van der Waals surface area contributed by atoms with E-state index in [0.717, 1.165) is 24.3 Å². The van der Waals surface area contributed by atoms with E-state index in [9.17, 15) is 14.5 Å². The predicted molar refractivity (Wildman–Crippen MR) is 138 cm³/mol. The number of ether oxygens (including phenoxy) is 1. The number of morpholine rings is 1. The van der Waals surface area contributed by atoms with Crippen molar-refractivity contribution >= 4 is 41.3 Å². The molecule has 9 nitrogen and oxygen atoms in total. The van der Waals surface area contributed by atoms with Crippen LogP contribution in [0.25, 0.3) is 0 Å². The Balaban J connectivity index is 0.00000385. The Kier molecular flexibility index (Phi) is 11.3. The van der Waals surface area contributed by atoms with E-state index in [1.807, 2.05) is 12.1 Å². The summed E-state index contributed by atoms with van der Waals surface area (Å²) in [6, 6.07) is 13.0. The molecule has 1 fully saturated rings. The van der Waals surface area contributed by atoms with Crippen LogP contribution >= 0.6 is 24.0 Å². The van der Waals surface area contributed by atoms with E-state index in [-0.39, 0.29) is 41.5 Å². The summed E-state index contributed by atoms with van der Waals surface area (Å²) >= 11 is 0. The summed E-state index contributed by atoms with van der Waals surface area (Å²) in [5.74, 6) is 0.413. The molecule has 3 rings (SSSR count). The second-order valence-electron chi connectivity index (χ2n) is 7.33. The molecular formula is C22H30FIN6O3. The second-order valence-corrected chi connectivity index (χ2v) is 7.33. The minimum atomic E-state index is -0.420. The molecule has 0 amide bonds. The van der Waals surface area contributed by atoms with Crippen molar-refractivity contribution in [3.05, 3.63) is 70.0 Å². The first-order valence-corrected chi connectivity index (χ1v) is 10.6. The van der Waals surface area contributed by atoms with Crippen LogP contribution in [0.2, 0.25) is 0 Å². The maximum absolute atomic E-state index is 13.4. The average molecular weight is 572 g/mol. The van der Waals surface area contributed by atoms with Gasteiger partial charge in [-0.05, 0) is 29.8 Å². The standard InChI is InChI=1S/C22H29FN6O3.HI/c1-24-22(26-11-10-25-19-6-8-20(9-7-19)29(30)31)27-16-21(28-12-14-32-15-13-28)17-2-4-18(23)5-3-17;/h2-9,21,25H,10-16H2,1H3,(H2,24,26,27);1H. The number of nitro groups is 1. The lowest BCUT2D eigenvalue weighted by Crippen LogP contribution is -2.46. The molecule has 1 unspecified atom stereocenters. The number of nitrogens with one attached hydrogen (secondary N) is 3. The van der Waals surface area contributed by atoms with Gasteiger partial charge in [-0.2, -0.15) is 0 Å². The van der Waals surface area contributed by atoms with Crippen LogP contribution in [-0.4, -0.2) is 68.8 Å². The largest absolute Gasteiger partial charge is 0.383 e. The Bertz CT molecular complexity index is 892. The summed E-state index contributed by atoms with van der Waals surface area (Å²) in [5.41, 5.74) is 1.91. The van der Waals surface area contributed by atoms with Crippen LogP contribution < -0.4 is 16.0 Å². The lowest BCUT2D eigenvalue weighted by atomic mass is 10.0. The Hall–Kier alpha value is -2.51. The third kappa shape index (κ3) is 8.41. The highest BCUT2D eigenvalue weighted by Crippen LogP contribution is 2.21. The number of non-ortho nitro benzene ring substituents is 1. The first-order valence-electron chi connectivity index (χ1n) is 10.6. The van der Waals surface area contributed by atoms with Gasteiger partial charge in [-0.25, -0.2) is 4.39 Å². The number of guanidine groups is 1. The van der Waals surface area contributed by atoms with Gasteiger partial charge in [0.05, 0.1) is 24.2 Å². The normalized spacial score (nSPS) is 15.3. The summed E-state index contributed by atoms with van der Waals surface area (Å²) in [6.45, 7) is 4.82. The zero-order chi connectivity index (χ0) is 22.8. The Labute approximate surface area is 210 Å². The molecule has 2 aromatic rings. The molecule has 1 saturated heterocycles.